The average Bonchev–Trinajstić information content (AvgIpc) is 2.46. The molecule has 0 saturated heterocycles. The fraction of sp³-hybridized carbons (Fsp3) is 0.250. The highest BCUT2D eigenvalue weighted by Crippen LogP contribution is 2.26. The summed E-state index contributed by atoms with van der Waals surface area (Å²) >= 11 is 0. The summed E-state index contributed by atoms with van der Waals surface area (Å²) in [6.45, 7) is 2.29. The van der Waals surface area contributed by atoms with Crippen molar-refractivity contribution in [3.63, 3.8) is 0 Å². The van der Waals surface area contributed by atoms with E-state index in [1.807, 2.05) is 25.1 Å². The average molecular weight is 275 g/mol. The molecule has 0 spiro atoms. The fourth-order valence-electron chi connectivity index (χ4n) is 2.01. The highest BCUT2D eigenvalue weighted by molar-refractivity contribution is 5.44. The van der Waals surface area contributed by atoms with Crippen LogP contribution in [0.15, 0.2) is 42.5 Å². The number of aliphatic hydroxyl groups is 1. The molecule has 1 atom stereocenters. The van der Waals surface area contributed by atoms with Crippen LogP contribution in [-0.2, 0) is 0 Å². The van der Waals surface area contributed by atoms with Crippen molar-refractivity contribution < 1.29 is 14.2 Å². The lowest BCUT2D eigenvalue weighted by Crippen LogP contribution is -2.13. The van der Waals surface area contributed by atoms with Gasteiger partial charge in [-0.15, -0.1) is 0 Å². The Morgan fingerprint density at radius 3 is 2.55 bits per heavy atom. The third kappa shape index (κ3) is 3.48. The number of hydrogen-bond donors (Lipinski definition) is 2. The van der Waals surface area contributed by atoms with Crippen LogP contribution in [0.4, 0.5) is 10.1 Å². The summed E-state index contributed by atoms with van der Waals surface area (Å²) in [5.41, 5.74) is 2.56. The predicted molar refractivity (Wildman–Crippen MR) is 77.6 cm³/mol. The Hall–Kier alpha value is -2.07. The molecule has 2 aromatic carbocycles. The number of methoxy groups -OCH3 is 1. The van der Waals surface area contributed by atoms with Crippen molar-refractivity contribution in [1.82, 2.24) is 0 Å². The normalized spacial score (nSPS) is 12.0. The SMILES string of the molecule is COc1ccc(C)cc1C(O)CNc1ccc(F)cc1. The van der Waals surface area contributed by atoms with Gasteiger partial charge in [0.25, 0.3) is 0 Å². The fourth-order valence-corrected chi connectivity index (χ4v) is 2.01. The van der Waals surface area contributed by atoms with Gasteiger partial charge >= 0.3 is 0 Å². The molecule has 0 bridgehead atoms. The molecule has 3 nitrogen and oxygen atoms in total. The highest BCUT2D eigenvalue weighted by atomic mass is 19.1. The van der Waals surface area contributed by atoms with Crippen molar-refractivity contribution >= 4 is 5.69 Å². The quantitative estimate of drug-likeness (QED) is 0.879. The number of halogens is 1. The van der Waals surface area contributed by atoms with Crippen molar-refractivity contribution in [2.24, 2.45) is 0 Å². The number of hydrogen-bond acceptors (Lipinski definition) is 3. The summed E-state index contributed by atoms with van der Waals surface area (Å²) in [5, 5.41) is 13.3. The van der Waals surface area contributed by atoms with Crippen molar-refractivity contribution in [3.05, 3.63) is 59.4 Å². The van der Waals surface area contributed by atoms with Crippen molar-refractivity contribution in [2.45, 2.75) is 13.0 Å². The molecule has 0 aliphatic carbocycles. The molecule has 0 fully saturated rings. The number of benzene rings is 2. The minimum Gasteiger partial charge on any atom is -0.496 e. The topological polar surface area (TPSA) is 41.5 Å². The van der Waals surface area contributed by atoms with E-state index in [-0.39, 0.29) is 5.82 Å². The summed E-state index contributed by atoms with van der Waals surface area (Å²) < 4.78 is 18.1. The molecular weight excluding hydrogens is 257 g/mol. The number of nitrogens with one attached hydrogen (secondary N) is 1. The maximum atomic E-state index is 12.8. The Morgan fingerprint density at radius 2 is 1.90 bits per heavy atom. The largest absolute Gasteiger partial charge is 0.496 e. The first-order valence-electron chi connectivity index (χ1n) is 6.42. The van der Waals surface area contributed by atoms with E-state index in [1.54, 1.807) is 19.2 Å². The van der Waals surface area contributed by atoms with Crippen molar-refractivity contribution in [3.8, 4) is 5.75 Å². The molecule has 0 amide bonds. The molecule has 0 aromatic heterocycles. The van der Waals surface area contributed by atoms with E-state index in [0.717, 1.165) is 16.8 Å². The Bertz CT molecular complexity index is 569. The van der Waals surface area contributed by atoms with Gasteiger partial charge in [-0.1, -0.05) is 11.6 Å². The molecular formula is C16H18FNO2. The molecule has 0 radical (unpaired) electrons. The molecule has 0 aliphatic rings. The second-order valence-electron chi connectivity index (χ2n) is 4.65. The Balaban J connectivity index is 2.06. The Labute approximate surface area is 118 Å². The smallest absolute Gasteiger partial charge is 0.124 e. The molecule has 0 aliphatic heterocycles. The highest BCUT2D eigenvalue weighted by Gasteiger charge is 2.13. The van der Waals surface area contributed by atoms with Crippen LogP contribution in [-0.4, -0.2) is 18.8 Å². The first-order valence-corrected chi connectivity index (χ1v) is 6.42. The predicted octanol–water partition coefficient (Wildman–Crippen LogP) is 3.29. The number of rotatable bonds is 5. The van der Waals surface area contributed by atoms with Gasteiger partial charge in [0.05, 0.1) is 13.2 Å². The van der Waals surface area contributed by atoms with Gasteiger partial charge in [-0.25, -0.2) is 4.39 Å². The molecule has 1 unspecified atom stereocenters. The Kier molecular flexibility index (Phi) is 4.58. The standard InChI is InChI=1S/C16H18FNO2/c1-11-3-8-16(20-2)14(9-11)15(19)10-18-13-6-4-12(17)5-7-13/h3-9,15,18-19H,10H2,1-2H3. The van der Waals surface area contributed by atoms with Gasteiger partial charge in [0.15, 0.2) is 0 Å². The lowest BCUT2D eigenvalue weighted by atomic mass is 10.1. The van der Waals surface area contributed by atoms with E-state index in [4.69, 9.17) is 4.74 Å². The van der Waals surface area contributed by atoms with Crippen molar-refractivity contribution in [1.29, 1.82) is 0 Å². The van der Waals surface area contributed by atoms with Crippen LogP contribution in [0.2, 0.25) is 0 Å². The molecule has 2 aromatic rings. The molecule has 0 heterocycles. The number of anilines is 1. The molecule has 2 rings (SSSR count). The molecule has 106 valence electrons. The van der Waals surface area contributed by atoms with Crippen LogP contribution in [0, 0.1) is 12.7 Å². The summed E-state index contributed by atoms with van der Waals surface area (Å²) in [7, 11) is 1.58. The molecule has 2 N–H and O–H groups in total. The monoisotopic (exact) mass is 275 g/mol. The van der Waals surface area contributed by atoms with E-state index in [2.05, 4.69) is 5.32 Å². The maximum Gasteiger partial charge on any atom is 0.124 e. The van der Waals surface area contributed by atoms with Gasteiger partial charge in [-0.2, -0.15) is 0 Å². The zero-order valence-corrected chi connectivity index (χ0v) is 11.6. The molecule has 4 heteroatoms. The summed E-state index contributed by atoms with van der Waals surface area (Å²) in [5.74, 6) is 0.375. The first kappa shape index (κ1) is 14.3. The van der Waals surface area contributed by atoms with Crippen LogP contribution in [0.25, 0.3) is 0 Å². The zero-order chi connectivity index (χ0) is 14.5. The van der Waals surface area contributed by atoms with Crippen molar-refractivity contribution in [2.75, 3.05) is 19.0 Å². The maximum absolute atomic E-state index is 12.8. The molecule has 20 heavy (non-hydrogen) atoms. The van der Waals surface area contributed by atoms with Gasteiger partial charge < -0.3 is 15.2 Å². The Morgan fingerprint density at radius 1 is 1.20 bits per heavy atom. The second-order valence-corrected chi connectivity index (χ2v) is 4.65. The summed E-state index contributed by atoms with van der Waals surface area (Å²) in [6.07, 6.45) is -0.699. The lowest BCUT2D eigenvalue weighted by molar-refractivity contribution is 0.187. The summed E-state index contributed by atoms with van der Waals surface area (Å²) in [4.78, 5) is 0. The zero-order valence-electron chi connectivity index (χ0n) is 11.6. The minimum atomic E-state index is -0.699. The third-order valence-electron chi connectivity index (χ3n) is 3.09. The molecule has 0 saturated carbocycles. The van der Waals surface area contributed by atoms with Crippen LogP contribution in [0.3, 0.4) is 0 Å². The van der Waals surface area contributed by atoms with Crippen LogP contribution in [0.5, 0.6) is 5.75 Å². The number of ether oxygens (including phenoxy) is 1. The van der Waals surface area contributed by atoms with E-state index in [1.165, 1.54) is 12.1 Å². The van der Waals surface area contributed by atoms with Gasteiger partial charge in [0.1, 0.15) is 11.6 Å². The second kappa shape index (κ2) is 6.39. The van der Waals surface area contributed by atoms with Crippen LogP contribution < -0.4 is 10.1 Å². The minimum absolute atomic E-state index is 0.281. The van der Waals surface area contributed by atoms with E-state index >= 15 is 0 Å². The van der Waals surface area contributed by atoms with Gasteiger partial charge in [0, 0.05) is 17.8 Å². The van der Waals surface area contributed by atoms with E-state index < -0.39 is 6.10 Å². The van der Waals surface area contributed by atoms with Gasteiger partial charge in [-0.3, -0.25) is 0 Å². The van der Waals surface area contributed by atoms with Crippen LogP contribution >= 0.6 is 0 Å². The summed E-state index contributed by atoms with van der Waals surface area (Å²) in [6, 6.07) is 11.7. The van der Waals surface area contributed by atoms with Gasteiger partial charge in [-0.05, 0) is 43.3 Å². The first-order chi connectivity index (χ1) is 9.60. The van der Waals surface area contributed by atoms with E-state index in [0.29, 0.717) is 12.3 Å². The van der Waals surface area contributed by atoms with Gasteiger partial charge in [0.2, 0.25) is 0 Å². The number of aryl methyl sites for hydroxylation is 1. The van der Waals surface area contributed by atoms with Crippen LogP contribution in [0.1, 0.15) is 17.2 Å². The lowest BCUT2D eigenvalue weighted by Gasteiger charge is -2.16. The third-order valence-corrected chi connectivity index (χ3v) is 3.09. The number of aliphatic hydroxyl groups excluding tert-OH is 1. The van der Waals surface area contributed by atoms with E-state index in [9.17, 15) is 9.50 Å².